The van der Waals surface area contributed by atoms with Crippen LogP contribution < -0.4 is 0 Å². The Balaban J connectivity index is 2.02. The summed E-state index contributed by atoms with van der Waals surface area (Å²) < 4.78 is 0. The summed E-state index contributed by atoms with van der Waals surface area (Å²) in [6, 6.07) is 9.41. The fourth-order valence-corrected chi connectivity index (χ4v) is 3.25. The lowest BCUT2D eigenvalue weighted by atomic mass is 9.88. The molecule has 1 fully saturated rings. The predicted molar refractivity (Wildman–Crippen MR) is 92.9 cm³/mol. The van der Waals surface area contributed by atoms with Gasteiger partial charge in [0.25, 0.3) is 0 Å². The molecular formula is C18H28N2O5. The number of hydrogen-bond donors (Lipinski definition) is 4. The number of nitrogens with zero attached hydrogens (tertiary/aromatic N) is 2. The standard InChI is InChI=1S/C18H28N2O5/c21-10-8-19(9-11-22)13-18(25)14-20(7-6-16(18)23)17(24)12-15-4-2-1-3-5-15/h1-5,16,21-23,25H,6-14H2/t16-,18+/m1/s1. The van der Waals surface area contributed by atoms with Gasteiger partial charge >= 0.3 is 0 Å². The fourth-order valence-electron chi connectivity index (χ4n) is 3.25. The first-order chi connectivity index (χ1) is 12.0. The lowest BCUT2D eigenvalue weighted by Gasteiger charge is -2.44. The summed E-state index contributed by atoms with van der Waals surface area (Å²) in [5, 5.41) is 39.4. The number of hydrogen-bond acceptors (Lipinski definition) is 6. The molecule has 0 aromatic heterocycles. The largest absolute Gasteiger partial charge is 0.395 e. The van der Waals surface area contributed by atoms with Crippen molar-refractivity contribution < 1.29 is 25.2 Å². The molecular weight excluding hydrogens is 324 g/mol. The van der Waals surface area contributed by atoms with E-state index in [1.54, 1.807) is 9.80 Å². The average molecular weight is 352 g/mol. The fraction of sp³-hybridized carbons (Fsp3) is 0.611. The zero-order valence-electron chi connectivity index (χ0n) is 14.4. The Hall–Kier alpha value is -1.51. The first-order valence-electron chi connectivity index (χ1n) is 8.64. The van der Waals surface area contributed by atoms with Crippen molar-refractivity contribution in [3.63, 3.8) is 0 Å². The van der Waals surface area contributed by atoms with Crippen LogP contribution >= 0.6 is 0 Å². The van der Waals surface area contributed by atoms with Gasteiger partial charge in [0.05, 0.1) is 32.3 Å². The van der Waals surface area contributed by atoms with Crippen molar-refractivity contribution in [2.24, 2.45) is 0 Å². The van der Waals surface area contributed by atoms with Crippen LogP contribution in [0.15, 0.2) is 30.3 Å². The Bertz CT molecular complexity index is 536. The third-order valence-corrected chi connectivity index (χ3v) is 4.64. The van der Waals surface area contributed by atoms with E-state index >= 15 is 0 Å². The van der Waals surface area contributed by atoms with Gasteiger partial charge in [0.1, 0.15) is 5.60 Å². The van der Waals surface area contributed by atoms with Crippen molar-refractivity contribution in [3.05, 3.63) is 35.9 Å². The average Bonchev–Trinajstić information content (AvgIpc) is 2.59. The van der Waals surface area contributed by atoms with Crippen molar-refractivity contribution in [3.8, 4) is 0 Å². The van der Waals surface area contributed by atoms with Crippen molar-refractivity contribution in [1.29, 1.82) is 0 Å². The van der Waals surface area contributed by atoms with E-state index in [0.29, 0.717) is 13.0 Å². The molecule has 7 heteroatoms. The Morgan fingerprint density at radius 1 is 1.20 bits per heavy atom. The number of aliphatic hydroxyl groups is 4. The van der Waals surface area contributed by atoms with E-state index in [0.717, 1.165) is 5.56 Å². The van der Waals surface area contributed by atoms with Crippen LogP contribution in [0.3, 0.4) is 0 Å². The topological polar surface area (TPSA) is 104 Å². The molecule has 0 unspecified atom stereocenters. The zero-order chi connectivity index (χ0) is 18.3. The Morgan fingerprint density at radius 2 is 1.84 bits per heavy atom. The van der Waals surface area contributed by atoms with Gasteiger partial charge < -0.3 is 25.3 Å². The van der Waals surface area contributed by atoms with Crippen molar-refractivity contribution in [2.75, 3.05) is 45.9 Å². The second-order valence-corrected chi connectivity index (χ2v) is 6.61. The number of aliphatic hydroxyl groups excluding tert-OH is 3. The van der Waals surface area contributed by atoms with Gasteiger partial charge in [-0.1, -0.05) is 30.3 Å². The van der Waals surface area contributed by atoms with Crippen LogP contribution in [-0.2, 0) is 11.2 Å². The molecule has 0 saturated carbocycles. The molecule has 1 aromatic rings. The summed E-state index contributed by atoms with van der Waals surface area (Å²) in [5.74, 6) is -0.0904. The number of likely N-dealkylation sites (tertiary alicyclic amines) is 1. The highest BCUT2D eigenvalue weighted by atomic mass is 16.3. The van der Waals surface area contributed by atoms with Crippen molar-refractivity contribution in [2.45, 2.75) is 24.5 Å². The number of benzene rings is 1. The maximum Gasteiger partial charge on any atom is 0.227 e. The van der Waals surface area contributed by atoms with Crippen LogP contribution in [0.4, 0.5) is 0 Å². The highest BCUT2D eigenvalue weighted by molar-refractivity contribution is 5.79. The Morgan fingerprint density at radius 3 is 2.44 bits per heavy atom. The molecule has 0 bridgehead atoms. The quantitative estimate of drug-likeness (QED) is 0.471. The maximum absolute atomic E-state index is 12.5. The van der Waals surface area contributed by atoms with Gasteiger partial charge in [-0.05, 0) is 12.0 Å². The van der Waals surface area contributed by atoms with E-state index in [1.807, 2.05) is 30.3 Å². The number of carbonyl (C=O) groups excluding carboxylic acids is 1. The molecule has 0 radical (unpaired) electrons. The number of β-amino-alcohol motifs (C(OH)–C–C–N with tert-alkyl or cyclic N) is 1. The van der Waals surface area contributed by atoms with Crippen LogP contribution in [0.1, 0.15) is 12.0 Å². The molecule has 140 valence electrons. The predicted octanol–water partition coefficient (Wildman–Crippen LogP) is -1.16. The normalized spacial score (nSPS) is 23.9. The van der Waals surface area contributed by atoms with Crippen molar-refractivity contribution >= 4 is 5.91 Å². The summed E-state index contributed by atoms with van der Waals surface area (Å²) in [5.41, 5.74) is -0.570. The maximum atomic E-state index is 12.5. The molecule has 1 aromatic carbocycles. The summed E-state index contributed by atoms with van der Waals surface area (Å²) >= 11 is 0. The summed E-state index contributed by atoms with van der Waals surface area (Å²) in [7, 11) is 0. The molecule has 1 saturated heterocycles. The van der Waals surface area contributed by atoms with E-state index < -0.39 is 11.7 Å². The molecule has 1 aliphatic rings. The third kappa shape index (κ3) is 5.49. The van der Waals surface area contributed by atoms with Gasteiger partial charge in [-0.3, -0.25) is 9.69 Å². The first kappa shape index (κ1) is 19.8. The second-order valence-electron chi connectivity index (χ2n) is 6.61. The van der Waals surface area contributed by atoms with E-state index in [1.165, 1.54) is 0 Å². The monoisotopic (exact) mass is 352 g/mol. The van der Waals surface area contributed by atoms with Gasteiger partial charge in [-0.15, -0.1) is 0 Å². The number of amides is 1. The molecule has 0 spiro atoms. The van der Waals surface area contributed by atoms with Crippen LogP contribution in [-0.4, -0.2) is 93.8 Å². The van der Waals surface area contributed by atoms with Crippen LogP contribution in [0.5, 0.6) is 0 Å². The van der Waals surface area contributed by atoms with Crippen molar-refractivity contribution in [1.82, 2.24) is 9.80 Å². The van der Waals surface area contributed by atoms with Crippen LogP contribution in [0, 0.1) is 0 Å². The smallest absolute Gasteiger partial charge is 0.227 e. The zero-order valence-corrected chi connectivity index (χ0v) is 14.4. The third-order valence-electron chi connectivity index (χ3n) is 4.64. The Labute approximate surface area is 148 Å². The van der Waals surface area contributed by atoms with E-state index in [9.17, 15) is 15.0 Å². The molecule has 2 atom stereocenters. The van der Waals surface area contributed by atoms with Gasteiger partial charge in [-0.25, -0.2) is 0 Å². The molecule has 2 rings (SSSR count). The molecule has 0 aliphatic carbocycles. The SMILES string of the molecule is O=C(Cc1ccccc1)N1CC[C@@H](O)[C@](O)(CN(CCO)CCO)C1. The lowest BCUT2D eigenvalue weighted by molar-refractivity contribution is -0.156. The molecule has 25 heavy (non-hydrogen) atoms. The van der Waals surface area contributed by atoms with Crippen LogP contribution in [0.25, 0.3) is 0 Å². The van der Waals surface area contributed by atoms with E-state index in [4.69, 9.17) is 10.2 Å². The minimum atomic E-state index is -1.48. The van der Waals surface area contributed by atoms with Gasteiger partial charge in [-0.2, -0.15) is 0 Å². The molecule has 4 N–H and O–H groups in total. The van der Waals surface area contributed by atoms with Gasteiger partial charge in [0, 0.05) is 26.2 Å². The summed E-state index contributed by atoms with van der Waals surface area (Å²) in [6.45, 7) is 0.874. The highest BCUT2D eigenvalue weighted by Gasteiger charge is 2.43. The van der Waals surface area contributed by atoms with Crippen LogP contribution in [0.2, 0.25) is 0 Å². The Kier molecular flexibility index (Phi) is 7.34. The van der Waals surface area contributed by atoms with Gasteiger partial charge in [0.15, 0.2) is 0 Å². The molecule has 1 heterocycles. The van der Waals surface area contributed by atoms with E-state index in [-0.39, 0.29) is 51.7 Å². The molecule has 1 aliphatic heterocycles. The highest BCUT2D eigenvalue weighted by Crippen LogP contribution is 2.24. The number of rotatable bonds is 8. The number of carbonyl (C=O) groups is 1. The number of piperidine rings is 1. The lowest BCUT2D eigenvalue weighted by Crippen LogP contribution is -2.63. The summed E-state index contributed by atoms with van der Waals surface area (Å²) in [4.78, 5) is 15.8. The van der Waals surface area contributed by atoms with E-state index in [2.05, 4.69) is 0 Å². The second kappa shape index (κ2) is 9.26. The van der Waals surface area contributed by atoms with Gasteiger partial charge in [0.2, 0.25) is 5.91 Å². The first-order valence-corrected chi connectivity index (χ1v) is 8.64. The minimum Gasteiger partial charge on any atom is -0.395 e. The molecule has 7 nitrogen and oxygen atoms in total. The molecule has 1 amide bonds. The minimum absolute atomic E-state index is 0.0349. The summed E-state index contributed by atoms with van der Waals surface area (Å²) in [6.07, 6.45) is -0.402.